The number of hydrogen-bond donors (Lipinski definition) is 1. The molecule has 22 heavy (non-hydrogen) atoms. The molecule has 0 aliphatic carbocycles. The standard InChI is InChI=1S/C14H18N4O3S/c1-2-13-16-14(21-17-13)9-18-7-3-4-10-5-6-11(8-12(10)18)22(15,19)20/h5-6,8H,2-4,7,9H2,1H3,(H2,15,19,20). The van der Waals surface area contributed by atoms with Crippen LogP contribution >= 0.6 is 0 Å². The van der Waals surface area contributed by atoms with Crippen molar-refractivity contribution in [2.24, 2.45) is 5.14 Å². The number of benzene rings is 1. The fourth-order valence-corrected chi connectivity index (χ4v) is 3.17. The van der Waals surface area contributed by atoms with E-state index in [4.69, 9.17) is 9.66 Å². The molecule has 1 aromatic heterocycles. The highest BCUT2D eigenvalue weighted by Crippen LogP contribution is 2.30. The van der Waals surface area contributed by atoms with E-state index >= 15 is 0 Å². The smallest absolute Gasteiger partial charge is 0.246 e. The number of primary sulfonamides is 1. The Bertz CT molecular complexity index is 785. The highest BCUT2D eigenvalue weighted by atomic mass is 32.2. The van der Waals surface area contributed by atoms with Crippen molar-refractivity contribution >= 4 is 15.7 Å². The molecule has 7 nitrogen and oxygen atoms in total. The molecule has 0 amide bonds. The Morgan fingerprint density at radius 3 is 2.91 bits per heavy atom. The van der Waals surface area contributed by atoms with Crippen molar-refractivity contribution in [1.29, 1.82) is 0 Å². The molecule has 0 fully saturated rings. The van der Waals surface area contributed by atoms with E-state index in [0.29, 0.717) is 18.3 Å². The average Bonchev–Trinajstić information content (AvgIpc) is 2.94. The average molecular weight is 322 g/mol. The van der Waals surface area contributed by atoms with Crippen LogP contribution in [0, 0.1) is 0 Å². The maximum absolute atomic E-state index is 11.5. The summed E-state index contributed by atoms with van der Waals surface area (Å²) in [4.78, 5) is 6.48. The predicted molar refractivity (Wildman–Crippen MR) is 80.9 cm³/mol. The predicted octanol–water partition coefficient (Wildman–Crippen LogP) is 1.23. The Labute approximate surface area is 129 Å². The molecule has 0 radical (unpaired) electrons. The van der Waals surface area contributed by atoms with Gasteiger partial charge in [-0.2, -0.15) is 4.98 Å². The second-order valence-electron chi connectivity index (χ2n) is 5.32. The molecular formula is C14H18N4O3S. The van der Waals surface area contributed by atoms with Gasteiger partial charge < -0.3 is 9.42 Å². The maximum Gasteiger partial charge on any atom is 0.246 e. The number of anilines is 1. The van der Waals surface area contributed by atoms with E-state index in [1.165, 1.54) is 0 Å². The quantitative estimate of drug-likeness (QED) is 0.908. The summed E-state index contributed by atoms with van der Waals surface area (Å²) in [6.07, 6.45) is 2.63. The summed E-state index contributed by atoms with van der Waals surface area (Å²) in [5.74, 6) is 1.20. The van der Waals surface area contributed by atoms with Crippen molar-refractivity contribution in [1.82, 2.24) is 10.1 Å². The topological polar surface area (TPSA) is 102 Å². The number of fused-ring (bicyclic) bond motifs is 1. The fourth-order valence-electron chi connectivity index (χ4n) is 2.63. The molecule has 0 unspecified atom stereocenters. The molecule has 2 N–H and O–H groups in total. The number of aromatic nitrogens is 2. The Morgan fingerprint density at radius 2 is 2.23 bits per heavy atom. The lowest BCUT2D eigenvalue weighted by Crippen LogP contribution is -2.29. The van der Waals surface area contributed by atoms with Crippen molar-refractivity contribution in [3.8, 4) is 0 Å². The van der Waals surface area contributed by atoms with Gasteiger partial charge in [0.1, 0.15) is 0 Å². The van der Waals surface area contributed by atoms with Crippen molar-refractivity contribution in [3.63, 3.8) is 0 Å². The minimum Gasteiger partial charge on any atom is -0.362 e. The van der Waals surface area contributed by atoms with E-state index in [1.807, 2.05) is 13.0 Å². The Balaban J connectivity index is 1.92. The molecule has 2 aromatic rings. The lowest BCUT2D eigenvalue weighted by molar-refractivity contribution is 0.370. The molecule has 2 heterocycles. The molecule has 3 rings (SSSR count). The highest BCUT2D eigenvalue weighted by molar-refractivity contribution is 7.89. The molecule has 1 aliphatic rings. The summed E-state index contributed by atoms with van der Waals surface area (Å²) in [7, 11) is -3.71. The lowest BCUT2D eigenvalue weighted by Gasteiger charge is -2.30. The first-order chi connectivity index (χ1) is 10.5. The SMILES string of the molecule is CCc1noc(CN2CCCc3ccc(S(N)(=O)=O)cc32)n1. The molecule has 8 heteroatoms. The van der Waals surface area contributed by atoms with Gasteiger partial charge >= 0.3 is 0 Å². The molecule has 118 valence electrons. The van der Waals surface area contributed by atoms with Crippen LogP contribution in [0.5, 0.6) is 0 Å². The summed E-state index contributed by atoms with van der Waals surface area (Å²) in [5.41, 5.74) is 1.97. The number of rotatable bonds is 4. The van der Waals surface area contributed by atoms with Crippen molar-refractivity contribution < 1.29 is 12.9 Å². The van der Waals surface area contributed by atoms with Gasteiger partial charge in [-0.1, -0.05) is 18.1 Å². The first-order valence-corrected chi connectivity index (χ1v) is 8.74. The van der Waals surface area contributed by atoms with Crippen LogP contribution in [0.1, 0.15) is 30.6 Å². The van der Waals surface area contributed by atoms with Crippen LogP contribution in [0.3, 0.4) is 0 Å². The van der Waals surface area contributed by atoms with Gasteiger partial charge in [0.2, 0.25) is 15.9 Å². The Hall–Kier alpha value is -1.93. The van der Waals surface area contributed by atoms with Crippen LogP contribution in [0.4, 0.5) is 5.69 Å². The highest BCUT2D eigenvalue weighted by Gasteiger charge is 2.21. The molecule has 0 saturated heterocycles. The second-order valence-corrected chi connectivity index (χ2v) is 6.88. The third-order valence-corrected chi connectivity index (χ3v) is 4.66. The summed E-state index contributed by atoms with van der Waals surface area (Å²) in [6, 6.07) is 5.01. The number of sulfonamides is 1. The minimum absolute atomic E-state index is 0.123. The first-order valence-electron chi connectivity index (χ1n) is 7.19. The number of hydrogen-bond acceptors (Lipinski definition) is 6. The summed E-state index contributed by atoms with van der Waals surface area (Å²) in [5, 5.41) is 9.11. The molecule has 0 atom stereocenters. The summed E-state index contributed by atoms with van der Waals surface area (Å²) in [6.45, 7) is 3.24. The number of nitrogens with two attached hydrogens (primary N) is 1. The van der Waals surface area contributed by atoms with Crippen LogP contribution in [0.2, 0.25) is 0 Å². The molecule has 1 aliphatic heterocycles. The van der Waals surface area contributed by atoms with Crippen LogP contribution < -0.4 is 10.0 Å². The third-order valence-electron chi connectivity index (χ3n) is 3.75. The minimum atomic E-state index is -3.71. The van der Waals surface area contributed by atoms with E-state index in [1.54, 1.807) is 12.1 Å². The largest absolute Gasteiger partial charge is 0.362 e. The zero-order valence-electron chi connectivity index (χ0n) is 12.3. The van der Waals surface area contributed by atoms with Gasteiger partial charge in [-0.15, -0.1) is 0 Å². The number of aryl methyl sites for hydroxylation is 2. The first kappa shape index (κ1) is 15.0. The monoisotopic (exact) mass is 322 g/mol. The fraction of sp³-hybridized carbons (Fsp3) is 0.429. The van der Waals surface area contributed by atoms with Gasteiger partial charge in [-0.25, -0.2) is 13.6 Å². The van der Waals surface area contributed by atoms with Crippen LogP contribution in [-0.2, 0) is 29.4 Å². The van der Waals surface area contributed by atoms with E-state index in [2.05, 4.69) is 15.0 Å². The van der Waals surface area contributed by atoms with Gasteiger partial charge in [0.15, 0.2) is 5.82 Å². The molecule has 0 bridgehead atoms. The van der Waals surface area contributed by atoms with E-state index < -0.39 is 10.0 Å². The molecular weight excluding hydrogens is 304 g/mol. The molecule has 0 saturated carbocycles. The second kappa shape index (κ2) is 5.69. The van der Waals surface area contributed by atoms with E-state index in [-0.39, 0.29) is 4.90 Å². The Kier molecular flexibility index (Phi) is 3.88. The molecule has 1 aromatic carbocycles. The van der Waals surface area contributed by atoms with E-state index in [9.17, 15) is 8.42 Å². The van der Waals surface area contributed by atoms with Crippen LogP contribution in [0.15, 0.2) is 27.6 Å². The van der Waals surface area contributed by atoms with E-state index in [0.717, 1.165) is 37.1 Å². The van der Waals surface area contributed by atoms with Gasteiger partial charge in [-0.05, 0) is 30.5 Å². The van der Waals surface area contributed by atoms with Gasteiger partial charge in [-0.3, -0.25) is 0 Å². The maximum atomic E-state index is 11.5. The summed E-state index contributed by atoms with van der Waals surface area (Å²) < 4.78 is 28.3. The normalized spacial score (nSPS) is 14.9. The molecule has 0 spiro atoms. The third kappa shape index (κ3) is 2.97. The van der Waals surface area contributed by atoms with Crippen molar-refractivity contribution in [3.05, 3.63) is 35.5 Å². The van der Waals surface area contributed by atoms with Crippen molar-refractivity contribution in [2.75, 3.05) is 11.4 Å². The zero-order valence-corrected chi connectivity index (χ0v) is 13.1. The van der Waals surface area contributed by atoms with Crippen LogP contribution in [-0.4, -0.2) is 25.1 Å². The van der Waals surface area contributed by atoms with Crippen LogP contribution in [0.25, 0.3) is 0 Å². The lowest BCUT2D eigenvalue weighted by atomic mass is 10.0. The van der Waals surface area contributed by atoms with Crippen molar-refractivity contribution in [2.45, 2.75) is 37.6 Å². The van der Waals surface area contributed by atoms with Gasteiger partial charge in [0.05, 0.1) is 11.4 Å². The number of nitrogens with zero attached hydrogens (tertiary/aromatic N) is 3. The Morgan fingerprint density at radius 1 is 1.41 bits per heavy atom. The summed E-state index contributed by atoms with van der Waals surface area (Å²) >= 11 is 0. The van der Waals surface area contributed by atoms with Gasteiger partial charge in [0, 0.05) is 18.7 Å². The zero-order chi connectivity index (χ0) is 15.7. The van der Waals surface area contributed by atoms with Gasteiger partial charge in [0.25, 0.3) is 0 Å².